The summed E-state index contributed by atoms with van der Waals surface area (Å²) in [5, 5.41) is 0. The van der Waals surface area contributed by atoms with Gasteiger partial charge in [-0.15, -0.1) is 0 Å². The first-order valence-corrected chi connectivity index (χ1v) is 10.3. The minimum absolute atomic E-state index is 0.0219. The molecule has 3 rings (SSSR count). The molecule has 0 aromatic heterocycles. The maximum absolute atomic E-state index is 12.8. The van der Waals surface area contributed by atoms with E-state index in [0.29, 0.717) is 14.2 Å². The van der Waals surface area contributed by atoms with Crippen LogP contribution in [0.2, 0.25) is 0 Å². The van der Waals surface area contributed by atoms with Gasteiger partial charge in [0.1, 0.15) is 19.2 Å². The van der Waals surface area contributed by atoms with Crippen LogP contribution in [0.5, 0.6) is 0 Å². The lowest BCUT2D eigenvalue weighted by Gasteiger charge is -2.19. The van der Waals surface area contributed by atoms with Crippen LogP contribution in [0.25, 0.3) is 0 Å². The SMILES string of the molecule is CC(=O)N1[C@@H](Cc2ccccc2)C(=O)N(CC(=O)OCc2ccccc2)S1(=O)=O. The summed E-state index contributed by atoms with van der Waals surface area (Å²) < 4.78 is 31.5. The summed E-state index contributed by atoms with van der Waals surface area (Å²) in [6.45, 7) is 0.231. The summed E-state index contributed by atoms with van der Waals surface area (Å²) in [5.41, 5.74) is 1.42. The Bertz CT molecular complexity index is 1010. The van der Waals surface area contributed by atoms with Crippen LogP contribution in [0.4, 0.5) is 0 Å². The topological polar surface area (TPSA) is 101 Å². The summed E-state index contributed by atoms with van der Waals surface area (Å²) >= 11 is 0. The maximum Gasteiger partial charge on any atom is 0.332 e. The second kappa shape index (κ2) is 8.44. The molecule has 8 nitrogen and oxygen atoms in total. The molecule has 152 valence electrons. The summed E-state index contributed by atoms with van der Waals surface area (Å²) in [6.07, 6.45) is 0.0219. The van der Waals surface area contributed by atoms with Gasteiger partial charge in [-0.3, -0.25) is 14.4 Å². The molecule has 2 amide bonds. The van der Waals surface area contributed by atoms with E-state index in [9.17, 15) is 22.8 Å². The summed E-state index contributed by atoms with van der Waals surface area (Å²) in [6, 6.07) is 16.4. The van der Waals surface area contributed by atoms with Gasteiger partial charge in [0.15, 0.2) is 0 Å². The van der Waals surface area contributed by atoms with Crippen molar-refractivity contribution in [1.29, 1.82) is 0 Å². The number of amides is 2. The maximum atomic E-state index is 12.8. The van der Waals surface area contributed by atoms with Crippen LogP contribution in [0.3, 0.4) is 0 Å². The fourth-order valence-corrected chi connectivity index (χ4v) is 4.74. The Morgan fingerprint density at radius 1 is 0.966 bits per heavy atom. The van der Waals surface area contributed by atoms with E-state index >= 15 is 0 Å². The van der Waals surface area contributed by atoms with Gasteiger partial charge in [-0.1, -0.05) is 60.7 Å². The molecule has 0 unspecified atom stereocenters. The van der Waals surface area contributed by atoms with Gasteiger partial charge in [-0.25, -0.2) is 8.61 Å². The Hall–Kier alpha value is -3.20. The van der Waals surface area contributed by atoms with E-state index in [2.05, 4.69) is 0 Å². The molecule has 0 N–H and O–H groups in total. The number of benzene rings is 2. The molecular weight excluding hydrogens is 396 g/mol. The van der Waals surface area contributed by atoms with Gasteiger partial charge in [-0.2, -0.15) is 8.42 Å². The van der Waals surface area contributed by atoms with E-state index in [1.54, 1.807) is 54.6 Å². The monoisotopic (exact) mass is 416 g/mol. The number of rotatable bonds is 6. The molecule has 1 aliphatic rings. The van der Waals surface area contributed by atoms with Gasteiger partial charge >= 0.3 is 16.2 Å². The number of hydrogen-bond acceptors (Lipinski definition) is 6. The molecule has 9 heteroatoms. The fourth-order valence-electron chi connectivity index (χ4n) is 3.10. The first-order valence-electron chi connectivity index (χ1n) is 8.90. The minimum Gasteiger partial charge on any atom is -0.459 e. The predicted octanol–water partition coefficient (Wildman–Crippen LogP) is 1.28. The smallest absolute Gasteiger partial charge is 0.332 e. The molecule has 0 bridgehead atoms. The number of carbonyl (C=O) groups excluding carboxylic acids is 3. The van der Waals surface area contributed by atoms with E-state index in [0.717, 1.165) is 12.5 Å². The molecule has 0 aliphatic carbocycles. The molecule has 2 aromatic rings. The van der Waals surface area contributed by atoms with E-state index < -0.39 is 40.6 Å². The zero-order valence-corrected chi connectivity index (χ0v) is 16.5. The Labute approximate surface area is 168 Å². The summed E-state index contributed by atoms with van der Waals surface area (Å²) in [7, 11) is -4.46. The van der Waals surface area contributed by atoms with Crippen molar-refractivity contribution < 1.29 is 27.5 Å². The van der Waals surface area contributed by atoms with Crippen LogP contribution in [0.15, 0.2) is 60.7 Å². The van der Waals surface area contributed by atoms with Crippen molar-refractivity contribution in [2.45, 2.75) is 26.0 Å². The molecule has 29 heavy (non-hydrogen) atoms. The second-order valence-corrected chi connectivity index (χ2v) is 8.25. The van der Waals surface area contributed by atoms with Gasteiger partial charge in [0, 0.05) is 13.3 Å². The van der Waals surface area contributed by atoms with Crippen molar-refractivity contribution in [3.05, 3.63) is 71.8 Å². The number of carbonyl (C=O) groups is 3. The van der Waals surface area contributed by atoms with Crippen molar-refractivity contribution in [2.24, 2.45) is 0 Å². The van der Waals surface area contributed by atoms with E-state index in [-0.39, 0.29) is 13.0 Å². The van der Waals surface area contributed by atoms with Crippen LogP contribution in [0.1, 0.15) is 18.1 Å². The zero-order valence-electron chi connectivity index (χ0n) is 15.7. The molecular formula is C20H20N2O6S. The highest BCUT2D eigenvalue weighted by Gasteiger charge is 2.52. The highest BCUT2D eigenvalue weighted by Crippen LogP contribution is 2.26. The number of nitrogens with zero attached hydrogens (tertiary/aromatic N) is 2. The lowest BCUT2D eigenvalue weighted by Crippen LogP contribution is -2.41. The van der Waals surface area contributed by atoms with Crippen molar-refractivity contribution in [2.75, 3.05) is 6.54 Å². The van der Waals surface area contributed by atoms with E-state index in [4.69, 9.17) is 4.74 Å². The highest BCUT2D eigenvalue weighted by molar-refractivity contribution is 7.88. The quantitative estimate of drug-likeness (QED) is 0.658. The number of esters is 1. The van der Waals surface area contributed by atoms with Gasteiger partial charge < -0.3 is 4.74 Å². The van der Waals surface area contributed by atoms with E-state index in [1.807, 2.05) is 6.07 Å². The number of hydrogen-bond donors (Lipinski definition) is 0. The van der Waals surface area contributed by atoms with Crippen LogP contribution >= 0.6 is 0 Å². The molecule has 2 aromatic carbocycles. The predicted molar refractivity (Wildman–Crippen MR) is 103 cm³/mol. The Morgan fingerprint density at radius 2 is 1.52 bits per heavy atom. The van der Waals surface area contributed by atoms with Crippen molar-refractivity contribution in [3.8, 4) is 0 Å². The molecule has 1 fully saturated rings. The first kappa shape index (κ1) is 20.5. The van der Waals surface area contributed by atoms with Crippen molar-refractivity contribution >= 4 is 28.0 Å². The molecule has 1 saturated heterocycles. The average Bonchev–Trinajstić information content (AvgIpc) is 2.88. The van der Waals surface area contributed by atoms with Gasteiger partial charge in [0.05, 0.1) is 0 Å². The van der Waals surface area contributed by atoms with Gasteiger partial charge in [0.25, 0.3) is 5.91 Å². The Balaban J connectivity index is 1.76. The van der Waals surface area contributed by atoms with Crippen LogP contribution in [0, 0.1) is 0 Å². The Kier molecular flexibility index (Phi) is 5.97. The molecule has 1 heterocycles. The molecule has 0 spiro atoms. The van der Waals surface area contributed by atoms with Crippen LogP contribution in [-0.2, 0) is 42.4 Å². The van der Waals surface area contributed by atoms with Gasteiger partial charge in [-0.05, 0) is 11.1 Å². The number of ether oxygens (including phenoxy) is 1. The lowest BCUT2D eigenvalue weighted by molar-refractivity contribution is -0.147. The third kappa shape index (κ3) is 4.45. The third-order valence-corrected chi connectivity index (χ3v) is 6.31. The summed E-state index contributed by atoms with van der Waals surface area (Å²) in [4.78, 5) is 37.0. The van der Waals surface area contributed by atoms with Crippen molar-refractivity contribution in [3.63, 3.8) is 0 Å². The molecule has 0 radical (unpaired) electrons. The van der Waals surface area contributed by atoms with Crippen LogP contribution in [-0.4, -0.2) is 47.4 Å². The average molecular weight is 416 g/mol. The highest BCUT2D eigenvalue weighted by atomic mass is 32.2. The molecule has 1 aliphatic heterocycles. The molecule has 0 saturated carbocycles. The second-order valence-electron chi connectivity index (χ2n) is 6.52. The standard InChI is InChI=1S/C20H20N2O6S/c1-15(23)22-18(12-16-8-4-2-5-9-16)20(25)21(29(22,26)27)13-19(24)28-14-17-10-6-3-7-11-17/h2-11,18H,12-14H2,1H3/t18-/m0/s1. The zero-order chi connectivity index (χ0) is 21.0. The minimum atomic E-state index is -4.46. The van der Waals surface area contributed by atoms with Gasteiger partial charge in [0.2, 0.25) is 5.91 Å². The normalized spacial score (nSPS) is 18.0. The van der Waals surface area contributed by atoms with Crippen LogP contribution < -0.4 is 0 Å². The van der Waals surface area contributed by atoms with E-state index in [1.165, 1.54) is 0 Å². The molecule has 1 atom stereocenters. The Morgan fingerprint density at radius 3 is 2.07 bits per heavy atom. The lowest BCUT2D eigenvalue weighted by atomic mass is 10.1. The third-order valence-electron chi connectivity index (χ3n) is 4.44. The fraction of sp³-hybridized carbons (Fsp3) is 0.250. The largest absolute Gasteiger partial charge is 0.459 e. The first-order chi connectivity index (χ1) is 13.8. The summed E-state index contributed by atoms with van der Waals surface area (Å²) in [5.74, 6) is -2.50. The van der Waals surface area contributed by atoms with Crippen molar-refractivity contribution in [1.82, 2.24) is 8.61 Å².